The van der Waals surface area contributed by atoms with E-state index in [-0.39, 0.29) is 5.91 Å². The Morgan fingerprint density at radius 1 is 1.22 bits per heavy atom. The zero-order valence-corrected chi connectivity index (χ0v) is 13.7. The van der Waals surface area contributed by atoms with Gasteiger partial charge >= 0.3 is 0 Å². The zero-order valence-electron chi connectivity index (χ0n) is 13.7. The molecule has 23 heavy (non-hydrogen) atoms. The monoisotopic (exact) mass is 312 g/mol. The van der Waals surface area contributed by atoms with E-state index in [0.717, 1.165) is 30.6 Å². The second kappa shape index (κ2) is 5.95. The number of nitrogens with zero attached hydrogens (tertiary/aromatic N) is 4. The third-order valence-electron chi connectivity index (χ3n) is 5.23. The highest BCUT2D eigenvalue weighted by Crippen LogP contribution is 2.32. The van der Waals surface area contributed by atoms with E-state index in [1.54, 1.807) is 12.5 Å². The van der Waals surface area contributed by atoms with E-state index in [4.69, 9.17) is 0 Å². The number of amides is 1. The Labute approximate surface area is 136 Å². The molecule has 0 bridgehead atoms. The van der Waals surface area contributed by atoms with Crippen LogP contribution in [0.25, 0.3) is 11.2 Å². The Morgan fingerprint density at radius 3 is 2.74 bits per heavy atom. The molecule has 2 aliphatic rings. The third-order valence-corrected chi connectivity index (χ3v) is 5.23. The number of carbonyl (C=O) groups excluding carboxylic acids is 1. The summed E-state index contributed by atoms with van der Waals surface area (Å²) in [7, 11) is 1.92. The minimum absolute atomic E-state index is 0.137. The van der Waals surface area contributed by atoms with Crippen molar-refractivity contribution in [3.63, 3.8) is 0 Å². The van der Waals surface area contributed by atoms with Gasteiger partial charge in [-0.3, -0.25) is 4.79 Å². The molecular weight excluding hydrogens is 288 g/mol. The molecule has 2 heterocycles. The van der Waals surface area contributed by atoms with Crippen molar-refractivity contribution in [3.05, 3.63) is 24.2 Å². The topological polar surface area (TPSA) is 51.0 Å². The summed E-state index contributed by atoms with van der Waals surface area (Å²) in [6, 6.07) is 2.34. The van der Waals surface area contributed by atoms with Crippen molar-refractivity contribution in [2.24, 2.45) is 13.0 Å². The minimum atomic E-state index is 0.137. The highest BCUT2D eigenvalue weighted by atomic mass is 16.2. The molecule has 2 aliphatic carbocycles. The zero-order chi connectivity index (χ0) is 15.8. The fourth-order valence-corrected chi connectivity index (χ4v) is 3.73. The maximum atomic E-state index is 13.0. The fourth-order valence-electron chi connectivity index (χ4n) is 3.73. The first-order valence-electron chi connectivity index (χ1n) is 8.80. The second-order valence-electron chi connectivity index (χ2n) is 7.11. The van der Waals surface area contributed by atoms with Gasteiger partial charge in [-0.15, -0.1) is 0 Å². The van der Waals surface area contributed by atoms with Gasteiger partial charge in [-0.05, 0) is 37.7 Å². The van der Waals surface area contributed by atoms with Crippen LogP contribution < -0.4 is 0 Å². The molecule has 0 unspecified atom stereocenters. The molecule has 0 radical (unpaired) electrons. The van der Waals surface area contributed by atoms with Gasteiger partial charge in [0.2, 0.25) is 0 Å². The second-order valence-corrected chi connectivity index (χ2v) is 7.11. The predicted octanol–water partition coefficient (Wildman–Crippen LogP) is 3.15. The Bertz CT molecular complexity index is 713. The van der Waals surface area contributed by atoms with Crippen molar-refractivity contribution in [2.75, 3.05) is 6.54 Å². The minimum Gasteiger partial charge on any atom is -0.335 e. The van der Waals surface area contributed by atoms with E-state index >= 15 is 0 Å². The highest BCUT2D eigenvalue weighted by molar-refractivity contribution is 5.96. The van der Waals surface area contributed by atoms with Crippen LogP contribution in [0.3, 0.4) is 0 Å². The molecule has 0 N–H and O–H groups in total. The van der Waals surface area contributed by atoms with Crippen molar-refractivity contribution >= 4 is 17.1 Å². The van der Waals surface area contributed by atoms with Gasteiger partial charge in [0.25, 0.3) is 5.91 Å². The first-order valence-corrected chi connectivity index (χ1v) is 8.80. The molecule has 0 spiro atoms. The van der Waals surface area contributed by atoms with Gasteiger partial charge in [0.05, 0.1) is 11.9 Å². The lowest BCUT2D eigenvalue weighted by Gasteiger charge is -2.30. The van der Waals surface area contributed by atoms with Crippen LogP contribution in [0.1, 0.15) is 55.3 Å². The smallest absolute Gasteiger partial charge is 0.255 e. The molecular formula is C18H24N4O. The van der Waals surface area contributed by atoms with E-state index in [1.165, 1.54) is 32.1 Å². The van der Waals surface area contributed by atoms with Crippen LogP contribution in [0.15, 0.2) is 18.6 Å². The standard InChI is InChI=1S/C18H24N4O/c1-21-12-20-16-9-14(10-19-17(16)21)18(23)22(15-7-8-15)11-13-5-3-2-4-6-13/h9-10,12-13,15H,2-8,11H2,1H3. The maximum absolute atomic E-state index is 13.0. The molecule has 5 heteroatoms. The highest BCUT2D eigenvalue weighted by Gasteiger charge is 2.34. The van der Waals surface area contributed by atoms with E-state index in [2.05, 4.69) is 14.9 Å². The van der Waals surface area contributed by atoms with Crippen molar-refractivity contribution < 1.29 is 4.79 Å². The molecule has 0 aromatic carbocycles. The summed E-state index contributed by atoms with van der Waals surface area (Å²) in [5.41, 5.74) is 2.30. The van der Waals surface area contributed by atoms with Crippen LogP contribution in [-0.2, 0) is 7.05 Å². The fraction of sp³-hybridized carbons (Fsp3) is 0.611. The summed E-state index contributed by atoms with van der Waals surface area (Å²) >= 11 is 0. The summed E-state index contributed by atoms with van der Waals surface area (Å²) in [5, 5.41) is 0. The average molecular weight is 312 g/mol. The number of hydrogen-bond acceptors (Lipinski definition) is 3. The molecule has 2 fully saturated rings. The summed E-state index contributed by atoms with van der Waals surface area (Å²) in [6.45, 7) is 0.920. The molecule has 4 rings (SSSR count). The van der Waals surface area contributed by atoms with Gasteiger partial charge in [-0.1, -0.05) is 19.3 Å². The first-order chi connectivity index (χ1) is 11.2. The Balaban J connectivity index is 1.55. The van der Waals surface area contributed by atoms with Crippen LogP contribution in [-0.4, -0.2) is 37.9 Å². The summed E-state index contributed by atoms with van der Waals surface area (Å²) in [5.74, 6) is 0.818. The van der Waals surface area contributed by atoms with Crippen molar-refractivity contribution in [3.8, 4) is 0 Å². The summed E-state index contributed by atoms with van der Waals surface area (Å²) in [6.07, 6.45) is 12.3. The number of pyridine rings is 1. The van der Waals surface area contributed by atoms with E-state index in [1.807, 2.05) is 17.7 Å². The maximum Gasteiger partial charge on any atom is 0.255 e. The Kier molecular flexibility index (Phi) is 3.79. The molecule has 2 aromatic heterocycles. The molecule has 1 amide bonds. The average Bonchev–Trinajstić information content (AvgIpc) is 3.36. The number of carbonyl (C=O) groups is 1. The van der Waals surface area contributed by atoms with Crippen LogP contribution in [0, 0.1) is 5.92 Å². The van der Waals surface area contributed by atoms with Crippen molar-refractivity contribution in [1.82, 2.24) is 19.4 Å². The van der Waals surface area contributed by atoms with Crippen LogP contribution in [0.5, 0.6) is 0 Å². The van der Waals surface area contributed by atoms with E-state index in [0.29, 0.717) is 17.5 Å². The van der Waals surface area contributed by atoms with Crippen LogP contribution in [0.4, 0.5) is 0 Å². The molecule has 0 saturated heterocycles. The number of imidazole rings is 1. The molecule has 0 atom stereocenters. The lowest BCUT2D eigenvalue weighted by atomic mass is 9.89. The Morgan fingerprint density at radius 2 is 2.00 bits per heavy atom. The summed E-state index contributed by atoms with van der Waals surface area (Å²) < 4.78 is 1.88. The summed E-state index contributed by atoms with van der Waals surface area (Å²) in [4.78, 5) is 23.9. The van der Waals surface area contributed by atoms with E-state index in [9.17, 15) is 4.79 Å². The van der Waals surface area contributed by atoms with Crippen LogP contribution in [0.2, 0.25) is 0 Å². The molecule has 2 saturated carbocycles. The SMILES string of the molecule is Cn1cnc2cc(C(=O)N(CC3CCCCC3)C3CC3)cnc21. The van der Waals surface area contributed by atoms with Gasteiger partial charge in [-0.25, -0.2) is 9.97 Å². The van der Waals surface area contributed by atoms with Gasteiger partial charge in [0.15, 0.2) is 5.65 Å². The quantitative estimate of drug-likeness (QED) is 0.871. The first kappa shape index (κ1) is 14.7. The molecule has 2 aromatic rings. The van der Waals surface area contributed by atoms with Gasteiger partial charge in [0.1, 0.15) is 5.52 Å². The number of aryl methyl sites for hydroxylation is 1. The molecule has 122 valence electrons. The number of fused-ring (bicyclic) bond motifs is 1. The Hall–Kier alpha value is -1.91. The van der Waals surface area contributed by atoms with Gasteiger partial charge in [0, 0.05) is 25.8 Å². The predicted molar refractivity (Wildman–Crippen MR) is 89.1 cm³/mol. The van der Waals surface area contributed by atoms with Crippen LogP contribution >= 0.6 is 0 Å². The largest absolute Gasteiger partial charge is 0.335 e. The van der Waals surface area contributed by atoms with Gasteiger partial charge in [-0.2, -0.15) is 0 Å². The van der Waals surface area contributed by atoms with Crippen molar-refractivity contribution in [2.45, 2.75) is 51.0 Å². The lowest BCUT2D eigenvalue weighted by Crippen LogP contribution is -2.37. The molecule has 0 aliphatic heterocycles. The number of rotatable bonds is 4. The van der Waals surface area contributed by atoms with Gasteiger partial charge < -0.3 is 9.47 Å². The number of hydrogen-bond donors (Lipinski definition) is 0. The van der Waals surface area contributed by atoms with Crippen molar-refractivity contribution in [1.29, 1.82) is 0 Å². The third kappa shape index (κ3) is 2.96. The molecule has 5 nitrogen and oxygen atoms in total. The number of aromatic nitrogens is 3. The lowest BCUT2D eigenvalue weighted by molar-refractivity contribution is 0.0698. The van der Waals surface area contributed by atoms with E-state index < -0.39 is 0 Å². The normalized spacial score (nSPS) is 19.2.